The van der Waals surface area contributed by atoms with E-state index >= 15 is 4.39 Å². The van der Waals surface area contributed by atoms with Crippen LogP contribution in [0.4, 0.5) is 14.9 Å². The number of hydrogen-bond acceptors (Lipinski definition) is 6. The number of terminal acetylenes is 1. The summed E-state index contributed by atoms with van der Waals surface area (Å²) in [5.74, 6) is 1.01. The van der Waals surface area contributed by atoms with Gasteiger partial charge in [-0.05, 0) is 54.4 Å². The number of nitrogens with one attached hydrogen (secondary N) is 2. The predicted octanol–water partition coefficient (Wildman–Crippen LogP) is 7.24. The van der Waals surface area contributed by atoms with Crippen molar-refractivity contribution >= 4 is 51.8 Å². The normalized spacial score (nSPS) is 11.4. The van der Waals surface area contributed by atoms with Crippen LogP contribution in [0.5, 0.6) is 0 Å². The zero-order valence-corrected chi connectivity index (χ0v) is 27.0. The van der Waals surface area contributed by atoms with E-state index in [1.165, 1.54) is 33.8 Å². The molecular weight excluding hydrogens is 656 g/mol. The number of carbonyl (C=O) groups is 2. The number of alkyl carbamates (subject to hydrolysis) is 1. The molecule has 9 nitrogen and oxygen atoms in total. The molecule has 0 unspecified atom stereocenters. The minimum absolute atomic E-state index is 0.0229. The van der Waals surface area contributed by atoms with Crippen LogP contribution in [0.15, 0.2) is 102 Å². The molecule has 4 aromatic carbocycles. The summed E-state index contributed by atoms with van der Waals surface area (Å²) in [6, 6.07) is 25.8. The number of para-hydroxylation sites is 1. The van der Waals surface area contributed by atoms with Crippen LogP contribution in [0.2, 0.25) is 10.0 Å². The molecule has 2 amide bonds. The molecule has 0 fully saturated rings. The first-order valence-corrected chi connectivity index (χ1v) is 15.7. The summed E-state index contributed by atoms with van der Waals surface area (Å²) >= 11 is 12.3. The highest BCUT2D eigenvalue weighted by Gasteiger charge is 2.32. The fourth-order valence-electron chi connectivity index (χ4n) is 5.04. The van der Waals surface area contributed by atoms with Gasteiger partial charge >= 0.3 is 6.09 Å². The van der Waals surface area contributed by atoms with Crippen LogP contribution >= 0.6 is 23.2 Å². The van der Waals surface area contributed by atoms with Gasteiger partial charge in [0.1, 0.15) is 12.6 Å². The molecule has 0 saturated carbocycles. The van der Waals surface area contributed by atoms with Gasteiger partial charge in [0.2, 0.25) is 0 Å². The molecule has 0 bridgehead atoms. The van der Waals surface area contributed by atoms with Gasteiger partial charge in [0.25, 0.3) is 11.5 Å². The second-order valence-corrected chi connectivity index (χ2v) is 11.5. The summed E-state index contributed by atoms with van der Waals surface area (Å²) in [6.45, 7) is 0.165. The highest BCUT2D eigenvalue weighted by atomic mass is 35.5. The standard InChI is InChI=1S/C36H30Cl2FN5O4/c1-2-11-31(33-41-30-22-25(37)18-19-27(30)35(46)44(33)42-26-14-7-4-8-15-26)43(34(45)28-16-9-17-29(38)32(28)39)21-10-20-40-36(47)48-23-24-12-5-3-6-13-24/h1,3-9,12-19,22,31,42H,10-11,20-21,23H2,(H,40,47)/t31-/m1/s1. The Morgan fingerprint density at radius 1 is 1.00 bits per heavy atom. The Morgan fingerprint density at radius 2 is 1.73 bits per heavy atom. The molecule has 0 aliphatic heterocycles. The van der Waals surface area contributed by atoms with Crippen LogP contribution in [-0.4, -0.2) is 39.6 Å². The number of hydrogen-bond donors (Lipinski definition) is 2. The van der Waals surface area contributed by atoms with Gasteiger partial charge in [0.15, 0.2) is 11.6 Å². The maximum Gasteiger partial charge on any atom is 0.407 e. The van der Waals surface area contributed by atoms with Gasteiger partial charge < -0.3 is 15.0 Å². The maximum absolute atomic E-state index is 15.3. The number of anilines is 1. The molecule has 2 N–H and O–H groups in total. The lowest BCUT2D eigenvalue weighted by Gasteiger charge is -2.32. The number of amides is 2. The Balaban J connectivity index is 1.51. The highest BCUT2D eigenvalue weighted by Crippen LogP contribution is 2.29. The number of halogens is 3. The molecule has 0 aliphatic rings. The van der Waals surface area contributed by atoms with E-state index in [9.17, 15) is 14.4 Å². The lowest BCUT2D eigenvalue weighted by molar-refractivity contribution is 0.0660. The predicted molar refractivity (Wildman–Crippen MR) is 184 cm³/mol. The number of aromatic nitrogens is 2. The van der Waals surface area contributed by atoms with Crippen LogP contribution in [0, 0.1) is 18.2 Å². The van der Waals surface area contributed by atoms with E-state index in [0.717, 1.165) is 5.56 Å². The summed E-state index contributed by atoms with van der Waals surface area (Å²) in [7, 11) is 0. The molecule has 244 valence electrons. The van der Waals surface area contributed by atoms with Crippen molar-refractivity contribution in [1.29, 1.82) is 0 Å². The van der Waals surface area contributed by atoms with E-state index in [-0.39, 0.29) is 59.9 Å². The van der Waals surface area contributed by atoms with Gasteiger partial charge in [-0.15, -0.1) is 12.3 Å². The number of carbonyl (C=O) groups excluding carboxylic acids is 2. The molecule has 48 heavy (non-hydrogen) atoms. The lowest BCUT2D eigenvalue weighted by atomic mass is 10.1. The van der Waals surface area contributed by atoms with Crippen molar-refractivity contribution in [3.63, 3.8) is 0 Å². The van der Waals surface area contributed by atoms with E-state index in [1.807, 2.05) is 36.4 Å². The summed E-state index contributed by atoms with van der Waals surface area (Å²) < 4.78 is 21.8. The fourth-order valence-corrected chi connectivity index (χ4v) is 5.38. The van der Waals surface area contributed by atoms with Crippen LogP contribution in [-0.2, 0) is 11.3 Å². The molecule has 1 heterocycles. The quantitative estimate of drug-likeness (QED) is 0.106. The smallest absolute Gasteiger partial charge is 0.407 e. The van der Waals surface area contributed by atoms with Crippen LogP contribution in [0.25, 0.3) is 10.9 Å². The molecule has 5 aromatic rings. The van der Waals surface area contributed by atoms with Gasteiger partial charge in [0, 0.05) is 24.5 Å². The number of rotatable bonds is 12. The topological polar surface area (TPSA) is 106 Å². The molecule has 1 aromatic heterocycles. The minimum Gasteiger partial charge on any atom is -0.445 e. The third-order valence-electron chi connectivity index (χ3n) is 7.36. The first-order valence-electron chi connectivity index (χ1n) is 14.9. The van der Waals surface area contributed by atoms with Crippen LogP contribution < -0.4 is 16.3 Å². The first kappa shape index (κ1) is 34.0. The molecule has 1 atom stereocenters. The van der Waals surface area contributed by atoms with Crippen molar-refractivity contribution in [1.82, 2.24) is 19.9 Å². The van der Waals surface area contributed by atoms with Crippen LogP contribution in [0.3, 0.4) is 0 Å². The van der Waals surface area contributed by atoms with E-state index in [1.54, 1.807) is 36.4 Å². The average Bonchev–Trinajstić information content (AvgIpc) is 3.09. The Hall–Kier alpha value is -5.37. The van der Waals surface area contributed by atoms with Crippen molar-refractivity contribution in [2.75, 3.05) is 18.5 Å². The Morgan fingerprint density at radius 3 is 2.46 bits per heavy atom. The third kappa shape index (κ3) is 8.12. The molecule has 12 heteroatoms. The van der Waals surface area contributed by atoms with Crippen molar-refractivity contribution < 1.29 is 18.7 Å². The fraction of sp³-hybridized carbons (Fsp3) is 0.167. The van der Waals surface area contributed by atoms with Gasteiger partial charge in [0.05, 0.1) is 27.2 Å². The van der Waals surface area contributed by atoms with E-state index in [2.05, 4.69) is 16.7 Å². The summed E-state index contributed by atoms with van der Waals surface area (Å²) in [5, 5.41) is 3.05. The van der Waals surface area contributed by atoms with E-state index < -0.39 is 29.4 Å². The van der Waals surface area contributed by atoms with Gasteiger partial charge in [-0.2, -0.15) is 0 Å². The van der Waals surface area contributed by atoms with Crippen molar-refractivity contribution in [2.45, 2.75) is 25.5 Å². The van der Waals surface area contributed by atoms with E-state index in [4.69, 9.17) is 39.3 Å². The summed E-state index contributed by atoms with van der Waals surface area (Å²) in [6.07, 6.45) is 5.30. The first-order chi connectivity index (χ1) is 23.3. The second kappa shape index (κ2) is 16.0. The molecule has 0 aliphatic carbocycles. The largest absolute Gasteiger partial charge is 0.445 e. The molecule has 0 saturated heterocycles. The van der Waals surface area contributed by atoms with Crippen molar-refractivity contribution in [3.05, 3.63) is 140 Å². The van der Waals surface area contributed by atoms with Crippen molar-refractivity contribution in [2.24, 2.45) is 0 Å². The maximum atomic E-state index is 15.3. The zero-order valence-electron chi connectivity index (χ0n) is 25.5. The van der Waals surface area contributed by atoms with Crippen molar-refractivity contribution in [3.8, 4) is 12.3 Å². The van der Waals surface area contributed by atoms with Crippen LogP contribution in [0.1, 0.15) is 40.6 Å². The molecule has 0 spiro atoms. The Labute approximate surface area is 286 Å². The van der Waals surface area contributed by atoms with Gasteiger partial charge in [-0.1, -0.05) is 77.8 Å². The summed E-state index contributed by atoms with van der Waals surface area (Å²) in [5.41, 5.74) is 3.98. The number of benzene rings is 4. The second-order valence-electron chi connectivity index (χ2n) is 10.6. The number of nitrogens with zero attached hydrogens (tertiary/aromatic N) is 3. The van der Waals surface area contributed by atoms with Gasteiger partial charge in [-0.3, -0.25) is 15.0 Å². The number of ether oxygens (including phenoxy) is 1. The molecule has 5 rings (SSSR count). The lowest BCUT2D eigenvalue weighted by Crippen LogP contribution is -2.42. The molecular formula is C36H30Cl2FN5O4. The van der Waals surface area contributed by atoms with E-state index in [0.29, 0.717) is 10.7 Å². The SMILES string of the molecule is C#CC[C@H](c1nc2cc(Cl)ccc2c(=O)n1Nc1ccccc1)N(CCCNC(=O)OCc1ccccc1)C(=O)c1cccc(Cl)c1F. The average molecular weight is 687 g/mol. The van der Waals surface area contributed by atoms with Gasteiger partial charge in [-0.25, -0.2) is 18.8 Å². The Bertz CT molecular complexity index is 2020. The minimum atomic E-state index is -1.04. The monoisotopic (exact) mass is 685 g/mol. The third-order valence-corrected chi connectivity index (χ3v) is 7.89. The highest BCUT2D eigenvalue weighted by molar-refractivity contribution is 6.31. The number of fused-ring (bicyclic) bond motifs is 1. The Kier molecular flexibility index (Phi) is 11.3. The summed E-state index contributed by atoms with van der Waals surface area (Å²) in [4.78, 5) is 46.6. The molecule has 0 radical (unpaired) electrons. The zero-order chi connectivity index (χ0) is 34.0.